The highest BCUT2D eigenvalue weighted by atomic mass is 16.3. The van der Waals surface area contributed by atoms with E-state index in [9.17, 15) is 0 Å². The Bertz CT molecular complexity index is 164. The van der Waals surface area contributed by atoms with Gasteiger partial charge in [0.15, 0.2) is 0 Å². The number of likely N-dealkylation sites (N-methyl/N-ethyl adjacent to an activating group) is 1. The smallest absolute Gasteiger partial charge is 0.0581 e. The van der Waals surface area contributed by atoms with Gasteiger partial charge in [0.1, 0.15) is 0 Å². The summed E-state index contributed by atoms with van der Waals surface area (Å²) < 4.78 is 0. The standard InChI is InChI=1S/C11H24N2O.C2H6/c1-4-10-6-11(13(10)5-2)7-12-9(3)8-14;1-2/h9-12,14H,4-8H2,1-3H3;1-2H3. The average molecular weight is 230 g/mol. The maximum Gasteiger partial charge on any atom is 0.0581 e. The molecular formula is C13H30N2O. The van der Waals surface area contributed by atoms with Crippen LogP contribution < -0.4 is 5.32 Å². The molecule has 16 heavy (non-hydrogen) atoms. The quantitative estimate of drug-likeness (QED) is 0.731. The van der Waals surface area contributed by atoms with Crippen molar-refractivity contribution < 1.29 is 5.11 Å². The predicted octanol–water partition coefficient (Wildman–Crippen LogP) is 1.86. The van der Waals surface area contributed by atoms with E-state index in [-0.39, 0.29) is 12.6 Å². The molecule has 1 rings (SSSR count). The van der Waals surface area contributed by atoms with Crippen LogP contribution in [-0.2, 0) is 0 Å². The van der Waals surface area contributed by atoms with Crippen molar-refractivity contribution in [3.05, 3.63) is 0 Å². The van der Waals surface area contributed by atoms with Gasteiger partial charge in [-0.1, -0.05) is 27.7 Å². The van der Waals surface area contributed by atoms with Crippen molar-refractivity contribution >= 4 is 0 Å². The summed E-state index contributed by atoms with van der Waals surface area (Å²) >= 11 is 0. The van der Waals surface area contributed by atoms with Crippen LogP contribution in [0, 0.1) is 0 Å². The molecule has 0 aromatic carbocycles. The van der Waals surface area contributed by atoms with Gasteiger partial charge < -0.3 is 10.4 Å². The zero-order valence-electron chi connectivity index (χ0n) is 11.7. The highest BCUT2D eigenvalue weighted by Crippen LogP contribution is 2.26. The topological polar surface area (TPSA) is 35.5 Å². The summed E-state index contributed by atoms with van der Waals surface area (Å²) in [5.74, 6) is 0. The first kappa shape index (κ1) is 15.9. The number of likely N-dealkylation sites (tertiary alicyclic amines) is 1. The van der Waals surface area contributed by atoms with Gasteiger partial charge in [-0.3, -0.25) is 4.90 Å². The van der Waals surface area contributed by atoms with Gasteiger partial charge >= 0.3 is 0 Å². The molecule has 3 unspecified atom stereocenters. The maximum absolute atomic E-state index is 8.88. The van der Waals surface area contributed by atoms with E-state index in [4.69, 9.17) is 5.11 Å². The molecule has 1 heterocycles. The van der Waals surface area contributed by atoms with E-state index in [1.54, 1.807) is 0 Å². The number of nitrogens with zero attached hydrogens (tertiary/aromatic N) is 1. The van der Waals surface area contributed by atoms with Crippen molar-refractivity contribution in [3.8, 4) is 0 Å². The summed E-state index contributed by atoms with van der Waals surface area (Å²) in [5, 5.41) is 12.2. The van der Waals surface area contributed by atoms with Gasteiger partial charge in [-0.2, -0.15) is 0 Å². The Kier molecular flexibility index (Phi) is 8.90. The van der Waals surface area contributed by atoms with E-state index in [1.807, 2.05) is 20.8 Å². The summed E-state index contributed by atoms with van der Waals surface area (Å²) in [4.78, 5) is 2.55. The molecule has 1 aliphatic heterocycles. The molecule has 98 valence electrons. The molecule has 1 saturated heterocycles. The number of aliphatic hydroxyl groups is 1. The van der Waals surface area contributed by atoms with Crippen LogP contribution in [0.2, 0.25) is 0 Å². The zero-order chi connectivity index (χ0) is 12.6. The fraction of sp³-hybridized carbons (Fsp3) is 1.00. The third-order valence-corrected chi connectivity index (χ3v) is 3.29. The lowest BCUT2D eigenvalue weighted by atomic mass is 9.91. The lowest BCUT2D eigenvalue weighted by Crippen LogP contribution is -2.59. The molecule has 1 fully saturated rings. The average Bonchev–Trinajstić information content (AvgIpc) is 2.31. The fourth-order valence-electron chi connectivity index (χ4n) is 2.26. The second kappa shape index (κ2) is 8.97. The zero-order valence-corrected chi connectivity index (χ0v) is 11.7. The number of hydrogen-bond acceptors (Lipinski definition) is 3. The monoisotopic (exact) mass is 230 g/mol. The third-order valence-electron chi connectivity index (χ3n) is 3.29. The van der Waals surface area contributed by atoms with Crippen molar-refractivity contribution in [2.75, 3.05) is 19.7 Å². The second-order valence-electron chi connectivity index (χ2n) is 4.27. The summed E-state index contributed by atoms with van der Waals surface area (Å²) in [6, 6.07) is 1.73. The Morgan fingerprint density at radius 3 is 2.38 bits per heavy atom. The lowest BCUT2D eigenvalue weighted by molar-refractivity contribution is 0.0167. The first-order chi connectivity index (χ1) is 7.72. The molecule has 0 saturated carbocycles. The summed E-state index contributed by atoms with van der Waals surface area (Å²) in [7, 11) is 0. The molecule has 0 spiro atoms. The normalized spacial score (nSPS) is 26.6. The summed E-state index contributed by atoms with van der Waals surface area (Å²) in [6.45, 7) is 12.9. The Morgan fingerprint density at radius 2 is 1.94 bits per heavy atom. The molecule has 3 nitrogen and oxygen atoms in total. The minimum atomic E-state index is 0.231. The molecule has 0 aromatic heterocycles. The molecule has 0 amide bonds. The number of hydrogen-bond donors (Lipinski definition) is 2. The van der Waals surface area contributed by atoms with Crippen LogP contribution >= 0.6 is 0 Å². The van der Waals surface area contributed by atoms with Gasteiger partial charge in [-0.25, -0.2) is 0 Å². The van der Waals surface area contributed by atoms with Crippen LogP contribution in [0.25, 0.3) is 0 Å². The van der Waals surface area contributed by atoms with E-state index in [1.165, 1.54) is 12.8 Å². The van der Waals surface area contributed by atoms with Gasteiger partial charge in [0, 0.05) is 24.7 Å². The van der Waals surface area contributed by atoms with Crippen LogP contribution in [0.3, 0.4) is 0 Å². The van der Waals surface area contributed by atoms with Crippen molar-refractivity contribution in [1.29, 1.82) is 0 Å². The molecule has 0 bridgehead atoms. The maximum atomic E-state index is 8.88. The van der Waals surface area contributed by atoms with E-state index >= 15 is 0 Å². The van der Waals surface area contributed by atoms with Gasteiger partial charge in [-0.15, -0.1) is 0 Å². The van der Waals surface area contributed by atoms with Crippen molar-refractivity contribution in [3.63, 3.8) is 0 Å². The minimum Gasteiger partial charge on any atom is -0.395 e. The highest BCUT2D eigenvalue weighted by molar-refractivity contribution is 4.92. The molecule has 1 aliphatic rings. The number of rotatable bonds is 6. The molecule has 3 heteroatoms. The van der Waals surface area contributed by atoms with Crippen molar-refractivity contribution in [2.45, 2.75) is 65.6 Å². The molecule has 3 atom stereocenters. The lowest BCUT2D eigenvalue weighted by Gasteiger charge is -2.48. The largest absolute Gasteiger partial charge is 0.395 e. The highest BCUT2D eigenvalue weighted by Gasteiger charge is 2.35. The number of nitrogens with one attached hydrogen (secondary N) is 1. The van der Waals surface area contributed by atoms with E-state index in [2.05, 4.69) is 24.1 Å². The molecule has 0 radical (unpaired) electrons. The Morgan fingerprint density at radius 1 is 1.31 bits per heavy atom. The van der Waals surface area contributed by atoms with E-state index in [0.717, 1.165) is 19.1 Å². The van der Waals surface area contributed by atoms with Crippen molar-refractivity contribution in [1.82, 2.24) is 10.2 Å². The first-order valence-corrected chi connectivity index (χ1v) is 6.82. The van der Waals surface area contributed by atoms with Crippen LogP contribution in [0.4, 0.5) is 0 Å². The van der Waals surface area contributed by atoms with Gasteiger partial charge in [0.2, 0.25) is 0 Å². The first-order valence-electron chi connectivity index (χ1n) is 6.82. The fourth-order valence-corrected chi connectivity index (χ4v) is 2.26. The Hall–Kier alpha value is -0.120. The van der Waals surface area contributed by atoms with Crippen LogP contribution in [-0.4, -0.2) is 47.8 Å². The molecule has 2 N–H and O–H groups in total. The Balaban J connectivity index is 0.00000106. The van der Waals surface area contributed by atoms with Crippen molar-refractivity contribution in [2.24, 2.45) is 0 Å². The van der Waals surface area contributed by atoms with Crippen LogP contribution in [0.15, 0.2) is 0 Å². The molecule has 0 aliphatic carbocycles. The Labute approximate surface area is 101 Å². The van der Waals surface area contributed by atoms with Gasteiger partial charge in [0.05, 0.1) is 6.61 Å². The molecular weight excluding hydrogens is 200 g/mol. The van der Waals surface area contributed by atoms with E-state index in [0.29, 0.717) is 6.04 Å². The number of aliphatic hydroxyl groups excluding tert-OH is 1. The van der Waals surface area contributed by atoms with Gasteiger partial charge in [0.25, 0.3) is 0 Å². The third kappa shape index (κ3) is 4.40. The predicted molar refractivity (Wildman–Crippen MR) is 70.8 cm³/mol. The van der Waals surface area contributed by atoms with E-state index < -0.39 is 0 Å². The van der Waals surface area contributed by atoms with Crippen LogP contribution in [0.1, 0.15) is 47.5 Å². The summed E-state index contributed by atoms with van der Waals surface area (Å²) in [5.41, 5.74) is 0. The minimum absolute atomic E-state index is 0.231. The summed E-state index contributed by atoms with van der Waals surface area (Å²) in [6.07, 6.45) is 2.58. The SMILES string of the molecule is CC.CCC1CC(CNC(C)CO)N1CC. The van der Waals surface area contributed by atoms with Crippen LogP contribution in [0.5, 0.6) is 0 Å². The second-order valence-corrected chi connectivity index (χ2v) is 4.27. The van der Waals surface area contributed by atoms with Gasteiger partial charge in [-0.05, 0) is 26.3 Å². The molecule has 0 aromatic rings.